The van der Waals surface area contributed by atoms with E-state index in [-0.39, 0.29) is 13.4 Å². The van der Waals surface area contributed by atoms with Gasteiger partial charge < -0.3 is 18.6 Å². The van der Waals surface area contributed by atoms with E-state index >= 15 is 0 Å². The topological polar surface area (TPSA) is 32.8 Å². The van der Waals surface area contributed by atoms with E-state index in [0.29, 0.717) is 0 Å². The molecule has 0 saturated carbocycles. The summed E-state index contributed by atoms with van der Waals surface area (Å²) in [6.45, 7) is -0.291. The minimum absolute atomic E-state index is 0.137. The lowest BCUT2D eigenvalue weighted by Gasteiger charge is -2.39. The number of furan rings is 2. The summed E-state index contributed by atoms with van der Waals surface area (Å²) in [7, 11) is 0. The Balaban J connectivity index is 1.09. The van der Waals surface area contributed by atoms with Crippen molar-refractivity contribution in [1.29, 1.82) is 0 Å². The summed E-state index contributed by atoms with van der Waals surface area (Å²) in [5.41, 5.74) is 17.1. The quantitative estimate of drug-likeness (QED) is 0.137. The van der Waals surface area contributed by atoms with Crippen molar-refractivity contribution in [3.8, 4) is 0 Å². The highest BCUT2D eigenvalue weighted by atomic mass is 32.1. The van der Waals surface area contributed by atoms with Crippen molar-refractivity contribution in [2.24, 2.45) is 0 Å². The molecule has 4 nitrogen and oxygen atoms in total. The third kappa shape index (κ3) is 5.20. The summed E-state index contributed by atoms with van der Waals surface area (Å²) in [5, 5.41) is 4.36. The summed E-state index contributed by atoms with van der Waals surface area (Å²) in [6.07, 6.45) is 0. The first-order valence-electron chi connectivity index (χ1n) is 20.9. The van der Waals surface area contributed by atoms with Gasteiger partial charge in [-0.15, -0.1) is 25.3 Å². The molecule has 0 saturated heterocycles. The highest BCUT2D eigenvalue weighted by Crippen LogP contribution is 2.45. The zero-order valence-corrected chi connectivity index (χ0v) is 35.0. The first kappa shape index (κ1) is 35.7. The van der Waals surface area contributed by atoms with Gasteiger partial charge in [-0.3, -0.25) is 0 Å². The second kappa shape index (κ2) is 13.8. The molecule has 0 spiro atoms. The van der Waals surface area contributed by atoms with Crippen molar-refractivity contribution in [3.05, 3.63) is 194 Å². The third-order valence-electron chi connectivity index (χ3n) is 13.0. The van der Waals surface area contributed by atoms with Gasteiger partial charge in [0.05, 0.1) is 11.1 Å². The van der Waals surface area contributed by atoms with E-state index in [1.807, 2.05) is 12.1 Å². The number of benzene rings is 9. The number of thiol groups is 2. The predicted octanol–water partition coefficient (Wildman–Crippen LogP) is 10.7. The number of anilines is 6. The molecule has 2 aliphatic rings. The lowest BCUT2D eigenvalue weighted by Crippen LogP contribution is -2.61. The molecular formula is C54H34B2N2O2S2. The molecule has 9 aromatic carbocycles. The molecule has 0 unspecified atom stereocenters. The van der Waals surface area contributed by atoms with Crippen LogP contribution in [-0.4, -0.2) is 13.4 Å². The summed E-state index contributed by atoms with van der Waals surface area (Å²) >= 11 is 10.7. The first-order chi connectivity index (χ1) is 30.6. The maximum atomic E-state index is 6.59. The molecule has 0 N–H and O–H groups in total. The zero-order valence-electron chi connectivity index (χ0n) is 33.2. The first-order valence-corrected chi connectivity index (χ1v) is 21.8. The van der Waals surface area contributed by atoms with E-state index < -0.39 is 0 Å². The van der Waals surface area contributed by atoms with Crippen LogP contribution in [-0.2, 0) is 0 Å². The van der Waals surface area contributed by atoms with Crippen molar-refractivity contribution in [2.45, 2.75) is 9.79 Å². The Morgan fingerprint density at radius 2 is 0.952 bits per heavy atom. The number of hydrogen-bond donors (Lipinski definition) is 2. The normalized spacial score (nSPS) is 13.2. The van der Waals surface area contributed by atoms with Crippen LogP contribution in [0.25, 0.3) is 43.9 Å². The number of para-hydroxylation sites is 6. The van der Waals surface area contributed by atoms with E-state index in [1.54, 1.807) is 0 Å². The minimum Gasteiger partial charge on any atom is -0.456 e. The summed E-state index contributed by atoms with van der Waals surface area (Å²) in [6, 6.07) is 69.2. The summed E-state index contributed by atoms with van der Waals surface area (Å²) < 4.78 is 13.2. The zero-order chi connectivity index (χ0) is 41.1. The minimum atomic E-state index is -0.154. The van der Waals surface area contributed by atoms with Gasteiger partial charge in [0.1, 0.15) is 22.3 Å². The van der Waals surface area contributed by atoms with Crippen LogP contribution in [0.3, 0.4) is 0 Å². The molecular weight excluding hydrogens is 794 g/mol. The van der Waals surface area contributed by atoms with Crippen LogP contribution >= 0.6 is 25.3 Å². The van der Waals surface area contributed by atoms with E-state index in [2.05, 4.69) is 192 Å². The number of nitrogens with zero attached hydrogens (tertiary/aromatic N) is 2. The van der Waals surface area contributed by atoms with Crippen LogP contribution in [0.2, 0.25) is 0 Å². The summed E-state index contributed by atoms with van der Waals surface area (Å²) in [5.74, 6) is 0. The summed E-state index contributed by atoms with van der Waals surface area (Å²) in [4.78, 5) is 6.60. The molecule has 2 aromatic heterocycles. The Morgan fingerprint density at radius 3 is 1.69 bits per heavy atom. The van der Waals surface area contributed by atoms with Gasteiger partial charge in [0.2, 0.25) is 13.4 Å². The third-order valence-corrected chi connectivity index (χ3v) is 13.7. The Bertz CT molecular complexity index is 3610. The van der Waals surface area contributed by atoms with Crippen molar-refractivity contribution in [1.82, 2.24) is 0 Å². The monoisotopic (exact) mass is 828 g/mol. The second-order valence-electron chi connectivity index (χ2n) is 16.3. The largest absolute Gasteiger partial charge is 0.456 e. The SMILES string of the molecule is Sc1ccc(B2c3ccccc3N(c3ccccc3)c3c2c(S)cc2oc4ccccc4c32)cc1B1c2ccccc2N(c2ccccc2)c2cc3oc4ccccc4c3cc21. The van der Waals surface area contributed by atoms with Crippen LogP contribution in [0.15, 0.2) is 213 Å². The molecule has 4 heterocycles. The highest BCUT2D eigenvalue weighted by molar-refractivity contribution is 7.80. The van der Waals surface area contributed by atoms with Gasteiger partial charge >= 0.3 is 0 Å². The number of rotatable bonds is 4. The van der Waals surface area contributed by atoms with Crippen molar-refractivity contribution >= 4 is 149 Å². The fraction of sp³-hybridized carbons (Fsp3) is 0. The van der Waals surface area contributed by atoms with Gasteiger partial charge in [-0.1, -0.05) is 138 Å². The van der Waals surface area contributed by atoms with Gasteiger partial charge in [0, 0.05) is 55.6 Å². The van der Waals surface area contributed by atoms with Crippen LogP contribution in [0, 0.1) is 0 Å². The predicted molar refractivity (Wildman–Crippen MR) is 267 cm³/mol. The van der Waals surface area contributed by atoms with Gasteiger partial charge in [-0.25, -0.2) is 0 Å². The van der Waals surface area contributed by atoms with Crippen molar-refractivity contribution < 1.29 is 8.83 Å². The van der Waals surface area contributed by atoms with Gasteiger partial charge in [0.15, 0.2) is 0 Å². The average Bonchev–Trinajstić information content (AvgIpc) is 3.88. The molecule has 8 heteroatoms. The fourth-order valence-corrected chi connectivity index (χ4v) is 11.0. The molecule has 11 aromatic rings. The van der Waals surface area contributed by atoms with Gasteiger partial charge in [-0.2, -0.15) is 0 Å². The average molecular weight is 829 g/mol. The van der Waals surface area contributed by atoms with Crippen LogP contribution in [0.1, 0.15) is 0 Å². The van der Waals surface area contributed by atoms with E-state index in [4.69, 9.17) is 34.1 Å². The van der Waals surface area contributed by atoms with Gasteiger partial charge in [0.25, 0.3) is 0 Å². The highest BCUT2D eigenvalue weighted by Gasteiger charge is 2.41. The van der Waals surface area contributed by atoms with Crippen molar-refractivity contribution in [3.63, 3.8) is 0 Å². The van der Waals surface area contributed by atoms with E-state index in [9.17, 15) is 0 Å². The fourth-order valence-electron chi connectivity index (χ4n) is 10.4. The van der Waals surface area contributed by atoms with Gasteiger partial charge in [-0.05, 0) is 87.4 Å². The molecule has 0 amide bonds. The lowest BCUT2D eigenvalue weighted by atomic mass is 9.32. The molecule has 0 bridgehead atoms. The molecule has 2 aliphatic heterocycles. The number of hydrogen-bond acceptors (Lipinski definition) is 6. The van der Waals surface area contributed by atoms with Crippen LogP contribution in [0.4, 0.5) is 34.1 Å². The maximum absolute atomic E-state index is 6.59. The smallest absolute Gasteiger partial charge is 0.248 e. The Hall–Kier alpha value is -6.99. The maximum Gasteiger partial charge on any atom is 0.248 e. The number of fused-ring (bicyclic) bond motifs is 11. The van der Waals surface area contributed by atoms with Crippen LogP contribution < -0.4 is 42.6 Å². The standard InChI is InChI=1S/C54H34B2N2O2S2/c61-50-28-27-33(55-39-21-9-12-24-44(39)58(35-17-5-2-6-18-35)54-52-37-20-8-14-26-47(37)60-49(52)32-51(62)53(54)55)29-42(50)56-40-22-10-11-23-43(40)57(34-15-3-1-4-16-34)45-31-48-38(30-41(45)56)36-19-7-13-25-46(36)59-48/h1-32,61-62H. The second-order valence-corrected chi connectivity index (χ2v) is 17.2. The molecule has 0 aliphatic carbocycles. The molecule has 0 radical (unpaired) electrons. The van der Waals surface area contributed by atoms with E-state index in [1.165, 1.54) is 21.9 Å². The molecule has 0 atom stereocenters. The Labute approximate surface area is 370 Å². The lowest BCUT2D eigenvalue weighted by molar-refractivity contribution is 0.668. The molecule has 62 heavy (non-hydrogen) atoms. The molecule has 13 rings (SSSR count). The molecule has 0 fully saturated rings. The molecule has 290 valence electrons. The van der Waals surface area contributed by atoms with Crippen molar-refractivity contribution in [2.75, 3.05) is 9.80 Å². The Kier molecular flexibility index (Phi) is 7.93. The van der Waals surface area contributed by atoms with E-state index in [0.717, 1.165) is 98.7 Å². The Morgan fingerprint density at radius 1 is 0.371 bits per heavy atom. The van der Waals surface area contributed by atoms with Crippen LogP contribution in [0.5, 0.6) is 0 Å².